The van der Waals surface area contributed by atoms with Gasteiger partial charge in [0, 0.05) is 12.1 Å². The molecule has 0 aromatic heterocycles. The van der Waals surface area contributed by atoms with Crippen LogP contribution in [-0.4, -0.2) is 18.1 Å². The minimum Gasteiger partial charge on any atom is -0.508 e. The zero-order valence-electron chi connectivity index (χ0n) is 9.95. The van der Waals surface area contributed by atoms with Crippen molar-refractivity contribution in [3.8, 4) is 5.75 Å². The van der Waals surface area contributed by atoms with Gasteiger partial charge in [-0.3, -0.25) is 4.55 Å². The van der Waals surface area contributed by atoms with Crippen LogP contribution in [0.3, 0.4) is 0 Å². The van der Waals surface area contributed by atoms with Crippen LogP contribution in [0.2, 0.25) is 0 Å². The molecule has 0 heterocycles. The predicted octanol–water partition coefficient (Wildman–Crippen LogP) is 1.81. The van der Waals surface area contributed by atoms with E-state index in [1.165, 1.54) is 24.3 Å². The summed E-state index contributed by atoms with van der Waals surface area (Å²) in [6.45, 7) is 0. The summed E-state index contributed by atoms with van der Waals surface area (Å²) in [7, 11) is -4.32. The molecule has 100 valence electrons. The summed E-state index contributed by atoms with van der Waals surface area (Å²) in [6.07, 6.45) is 0.160. The Morgan fingerprint density at radius 2 is 1.74 bits per heavy atom. The Balaban J connectivity index is 2.51. The van der Waals surface area contributed by atoms with E-state index in [1.54, 1.807) is 18.2 Å². The van der Waals surface area contributed by atoms with Gasteiger partial charge in [0.15, 0.2) is 0 Å². The Morgan fingerprint density at radius 3 is 2.37 bits per heavy atom. The van der Waals surface area contributed by atoms with Crippen molar-refractivity contribution >= 4 is 15.8 Å². The zero-order chi connectivity index (χ0) is 14.0. The van der Waals surface area contributed by atoms with E-state index in [1.807, 2.05) is 0 Å². The second-order valence-electron chi connectivity index (χ2n) is 4.15. The van der Waals surface area contributed by atoms with E-state index < -0.39 is 10.1 Å². The van der Waals surface area contributed by atoms with Crippen molar-refractivity contribution in [3.05, 3.63) is 53.6 Å². The molecule has 0 saturated carbocycles. The first-order valence-electron chi connectivity index (χ1n) is 5.50. The highest BCUT2D eigenvalue weighted by Gasteiger charge is 2.16. The topological polar surface area (TPSA) is 101 Å². The number of phenols is 1. The second kappa shape index (κ2) is 4.91. The number of phenolic OH excluding ortho intramolecular Hbond substituents is 1. The maximum atomic E-state index is 11.3. The number of hydrogen-bond donors (Lipinski definition) is 3. The van der Waals surface area contributed by atoms with E-state index >= 15 is 0 Å². The first kappa shape index (κ1) is 13.4. The third-order valence-corrected chi connectivity index (χ3v) is 3.69. The molecule has 0 aliphatic carbocycles. The fraction of sp³-hybridized carbons (Fsp3) is 0.0769. The van der Waals surface area contributed by atoms with E-state index in [0.717, 1.165) is 0 Å². The van der Waals surface area contributed by atoms with Crippen molar-refractivity contribution in [2.75, 3.05) is 5.73 Å². The average molecular weight is 279 g/mol. The van der Waals surface area contributed by atoms with E-state index in [0.29, 0.717) is 16.8 Å². The van der Waals surface area contributed by atoms with Crippen LogP contribution in [0, 0.1) is 0 Å². The largest absolute Gasteiger partial charge is 0.508 e. The monoisotopic (exact) mass is 279 g/mol. The van der Waals surface area contributed by atoms with Crippen LogP contribution < -0.4 is 5.73 Å². The number of hydrogen-bond acceptors (Lipinski definition) is 4. The van der Waals surface area contributed by atoms with Gasteiger partial charge >= 0.3 is 0 Å². The highest BCUT2D eigenvalue weighted by Crippen LogP contribution is 2.25. The maximum absolute atomic E-state index is 11.3. The van der Waals surface area contributed by atoms with Crippen LogP contribution in [0.15, 0.2) is 47.4 Å². The average Bonchev–Trinajstić information content (AvgIpc) is 2.30. The van der Waals surface area contributed by atoms with Crippen LogP contribution in [0.5, 0.6) is 5.75 Å². The summed E-state index contributed by atoms with van der Waals surface area (Å²) in [6, 6.07) is 10.7. The number of nitrogens with two attached hydrogens (primary N) is 1. The van der Waals surface area contributed by atoms with Gasteiger partial charge in [-0.2, -0.15) is 8.42 Å². The minimum atomic E-state index is -4.32. The van der Waals surface area contributed by atoms with Crippen molar-refractivity contribution in [2.24, 2.45) is 0 Å². The van der Waals surface area contributed by atoms with Crippen LogP contribution >= 0.6 is 0 Å². The number of rotatable bonds is 3. The molecular formula is C13H13NO4S. The van der Waals surface area contributed by atoms with Gasteiger partial charge in [0.25, 0.3) is 10.1 Å². The fourth-order valence-electron chi connectivity index (χ4n) is 1.85. The van der Waals surface area contributed by atoms with Crippen molar-refractivity contribution in [3.63, 3.8) is 0 Å². The second-order valence-corrected chi connectivity index (χ2v) is 5.54. The molecule has 0 amide bonds. The van der Waals surface area contributed by atoms with E-state index in [2.05, 4.69) is 0 Å². The summed E-state index contributed by atoms with van der Waals surface area (Å²) in [5.74, 6) is 0.0613. The fourth-order valence-corrected chi connectivity index (χ4v) is 2.56. The normalized spacial score (nSPS) is 11.4. The van der Waals surface area contributed by atoms with Crippen molar-refractivity contribution in [1.82, 2.24) is 0 Å². The Hall–Kier alpha value is -2.05. The van der Waals surface area contributed by atoms with Gasteiger partial charge in [0.05, 0.1) is 4.90 Å². The van der Waals surface area contributed by atoms with E-state index in [-0.39, 0.29) is 17.1 Å². The Morgan fingerprint density at radius 1 is 1.05 bits per heavy atom. The molecule has 0 spiro atoms. The first-order valence-corrected chi connectivity index (χ1v) is 6.94. The molecule has 0 radical (unpaired) electrons. The summed E-state index contributed by atoms with van der Waals surface area (Å²) >= 11 is 0. The molecule has 5 nitrogen and oxygen atoms in total. The maximum Gasteiger partial charge on any atom is 0.294 e. The van der Waals surface area contributed by atoms with E-state index in [4.69, 9.17) is 5.73 Å². The molecule has 4 N–H and O–H groups in total. The molecule has 2 aromatic rings. The smallest absolute Gasteiger partial charge is 0.294 e. The molecule has 2 rings (SSSR count). The SMILES string of the molecule is Nc1ccc(S(=O)(=O)O)c(Cc2ccccc2O)c1. The highest BCUT2D eigenvalue weighted by atomic mass is 32.2. The third kappa shape index (κ3) is 3.04. The molecule has 0 fully saturated rings. The quantitative estimate of drug-likeness (QED) is 0.587. The van der Waals surface area contributed by atoms with Gasteiger partial charge in [0.2, 0.25) is 0 Å². The van der Waals surface area contributed by atoms with Crippen LogP contribution in [-0.2, 0) is 16.5 Å². The first-order chi connectivity index (χ1) is 8.88. The molecule has 0 aliphatic heterocycles. The third-order valence-electron chi connectivity index (χ3n) is 2.73. The molecule has 0 unspecified atom stereocenters. The molecule has 6 heteroatoms. The van der Waals surface area contributed by atoms with Crippen LogP contribution in [0.4, 0.5) is 5.69 Å². The van der Waals surface area contributed by atoms with E-state index in [9.17, 15) is 18.1 Å². The number of nitrogen functional groups attached to an aromatic ring is 1. The van der Waals surface area contributed by atoms with Gasteiger partial charge in [-0.15, -0.1) is 0 Å². The number of para-hydroxylation sites is 1. The summed E-state index contributed by atoms with van der Waals surface area (Å²) in [5.41, 5.74) is 6.90. The van der Waals surface area contributed by atoms with Gasteiger partial charge in [0.1, 0.15) is 5.75 Å². The number of benzene rings is 2. The molecule has 0 aliphatic rings. The highest BCUT2D eigenvalue weighted by molar-refractivity contribution is 7.85. The molecule has 2 aromatic carbocycles. The van der Waals surface area contributed by atoms with Crippen molar-refractivity contribution in [2.45, 2.75) is 11.3 Å². The van der Waals surface area contributed by atoms with Gasteiger partial charge in [-0.1, -0.05) is 18.2 Å². The number of aromatic hydroxyl groups is 1. The Bertz CT molecular complexity index is 710. The van der Waals surface area contributed by atoms with Gasteiger partial charge < -0.3 is 10.8 Å². The Kier molecular flexibility index (Phi) is 3.46. The lowest BCUT2D eigenvalue weighted by Gasteiger charge is -2.09. The summed E-state index contributed by atoms with van der Waals surface area (Å²) in [5, 5.41) is 9.69. The molecule has 19 heavy (non-hydrogen) atoms. The summed E-state index contributed by atoms with van der Waals surface area (Å²) in [4.78, 5) is -0.204. The predicted molar refractivity (Wildman–Crippen MR) is 71.6 cm³/mol. The molecular weight excluding hydrogens is 266 g/mol. The minimum absolute atomic E-state index is 0.0613. The zero-order valence-corrected chi connectivity index (χ0v) is 10.8. The Labute approximate surface area is 111 Å². The van der Waals surface area contributed by atoms with Crippen molar-refractivity contribution in [1.29, 1.82) is 0 Å². The molecule has 0 atom stereocenters. The van der Waals surface area contributed by atoms with Crippen LogP contribution in [0.1, 0.15) is 11.1 Å². The lowest BCUT2D eigenvalue weighted by atomic mass is 10.0. The van der Waals surface area contributed by atoms with Gasteiger partial charge in [-0.05, 0) is 35.4 Å². The lowest BCUT2D eigenvalue weighted by Crippen LogP contribution is -2.05. The lowest BCUT2D eigenvalue weighted by molar-refractivity contribution is 0.468. The molecule has 0 bridgehead atoms. The number of anilines is 1. The van der Waals surface area contributed by atoms with Gasteiger partial charge in [-0.25, -0.2) is 0 Å². The molecule has 0 saturated heterocycles. The van der Waals surface area contributed by atoms with Crippen molar-refractivity contribution < 1.29 is 18.1 Å². The summed E-state index contributed by atoms with van der Waals surface area (Å²) < 4.78 is 31.8. The standard InChI is InChI=1S/C13H13NO4S/c14-11-5-6-13(19(16,17)18)10(8-11)7-9-3-1-2-4-12(9)15/h1-6,8,15H,7,14H2,(H,16,17,18). The van der Waals surface area contributed by atoms with Crippen LogP contribution in [0.25, 0.3) is 0 Å².